The van der Waals surface area contributed by atoms with E-state index in [0.717, 1.165) is 40.0 Å². The van der Waals surface area contributed by atoms with Gasteiger partial charge in [-0.15, -0.1) is 0 Å². The molecule has 0 bridgehead atoms. The van der Waals surface area contributed by atoms with Crippen LogP contribution in [0.25, 0.3) is 0 Å². The summed E-state index contributed by atoms with van der Waals surface area (Å²) in [6.07, 6.45) is 3.56. The second kappa shape index (κ2) is 23.8. The molecule has 0 spiro atoms. The number of allylic oxidation sites excluding steroid dienone is 3. The van der Waals surface area contributed by atoms with Crippen LogP contribution in [0, 0.1) is 35.5 Å². The van der Waals surface area contributed by atoms with Crippen molar-refractivity contribution in [2.24, 2.45) is 35.5 Å². The van der Waals surface area contributed by atoms with Gasteiger partial charge in [0.05, 0.1) is 5.92 Å². The van der Waals surface area contributed by atoms with Crippen molar-refractivity contribution in [3.63, 3.8) is 0 Å². The fraction of sp³-hybridized carbons (Fsp3) is 0.684. The van der Waals surface area contributed by atoms with E-state index in [1.165, 1.54) is 13.3 Å². The van der Waals surface area contributed by atoms with Gasteiger partial charge in [0.1, 0.15) is 0 Å². The van der Waals surface area contributed by atoms with Gasteiger partial charge in [0.15, 0.2) is 5.92 Å². The van der Waals surface area contributed by atoms with E-state index in [-0.39, 0.29) is 17.9 Å². The number of cyclic esters (lactones) is 1. The number of carbonyl (C=O) groups is 8. The Morgan fingerprint density at radius 3 is 1.72 bits per heavy atom. The fourth-order valence-corrected chi connectivity index (χ4v) is 5.98. The molecule has 0 aromatic heterocycles. The summed E-state index contributed by atoms with van der Waals surface area (Å²) in [6.45, 7) is 15.0. The molecule has 8 unspecified atom stereocenters. The average Bonchev–Trinajstić information content (AvgIpc) is 3.38. The number of hydrogen-bond donors (Lipinski definition) is 0. The summed E-state index contributed by atoms with van der Waals surface area (Å²) < 4.78 is 39.0. The molecule has 1 heterocycles. The number of esters is 8. The summed E-state index contributed by atoms with van der Waals surface area (Å²) in [5, 5.41) is 0. The molecule has 1 aliphatic rings. The predicted molar refractivity (Wildman–Crippen MR) is 188 cm³/mol. The molecule has 1 rings (SSSR count). The van der Waals surface area contributed by atoms with E-state index in [4.69, 9.17) is 28.4 Å². The minimum Gasteiger partial charge on any atom is -0.449 e. The van der Waals surface area contributed by atoms with E-state index in [0.29, 0.717) is 23.3 Å². The van der Waals surface area contributed by atoms with Crippen LogP contribution in [0.15, 0.2) is 23.3 Å². The van der Waals surface area contributed by atoms with E-state index in [9.17, 15) is 38.4 Å². The van der Waals surface area contributed by atoms with Gasteiger partial charge in [0, 0.05) is 26.3 Å². The topological polar surface area (TPSA) is 210 Å². The minimum atomic E-state index is -2.02. The maximum atomic E-state index is 13.4. The van der Waals surface area contributed by atoms with E-state index < -0.39 is 92.2 Å². The molecule has 0 aromatic rings. The van der Waals surface area contributed by atoms with Gasteiger partial charge in [-0.25, -0.2) is 14.4 Å². The van der Waals surface area contributed by atoms with E-state index in [2.05, 4.69) is 44.1 Å². The van der Waals surface area contributed by atoms with Crippen LogP contribution in [-0.4, -0.2) is 80.3 Å². The molecule has 8 atom stereocenters. The van der Waals surface area contributed by atoms with Crippen LogP contribution in [0.3, 0.4) is 0 Å². The molecule has 54 heavy (non-hydrogen) atoms. The Hall–Kier alpha value is -4.76. The Labute approximate surface area is 316 Å². The van der Waals surface area contributed by atoms with Crippen LogP contribution in [-0.2, 0) is 76.3 Å². The van der Waals surface area contributed by atoms with E-state index in [1.54, 1.807) is 13.0 Å². The van der Waals surface area contributed by atoms with E-state index >= 15 is 0 Å². The summed E-state index contributed by atoms with van der Waals surface area (Å²) in [5.74, 6) is -9.36. The first-order valence-corrected chi connectivity index (χ1v) is 18.0. The van der Waals surface area contributed by atoms with Crippen LogP contribution >= 0.6 is 0 Å². The van der Waals surface area contributed by atoms with Crippen LogP contribution in [0.1, 0.15) is 101 Å². The summed E-state index contributed by atoms with van der Waals surface area (Å²) in [7, 11) is 0. The van der Waals surface area contributed by atoms with Crippen LogP contribution in [0.2, 0.25) is 0 Å². The number of hydrogen-bond acceptors (Lipinski definition) is 16. The molecule has 16 nitrogen and oxygen atoms in total. The Morgan fingerprint density at radius 2 is 1.19 bits per heavy atom. The molecule has 304 valence electrons. The molecule has 0 aromatic carbocycles. The third-order valence-corrected chi connectivity index (χ3v) is 8.47. The fourth-order valence-electron chi connectivity index (χ4n) is 5.98. The Morgan fingerprint density at radius 1 is 0.685 bits per heavy atom. The van der Waals surface area contributed by atoms with Crippen molar-refractivity contribution in [1.82, 2.24) is 0 Å². The first-order valence-electron chi connectivity index (χ1n) is 18.0. The zero-order valence-corrected chi connectivity index (χ0v) is 33.0. The van der Waals surface area contributed by atoms with Crippen molar-refractivity contribution in [3.05, 3.63) is 23.3 Å². The van der Waals surface area contributed by atoms with Crippen LogP contribution in [0.5, 0.6) is 0 Å². The molecule has 1 aliphatic heterocycles. The third-order valence-electron chi connectivity index (χ3n) is 8.47. The molecule has 0 saturated carbocycles. The maximum Gasteiger partial charge on any atom is 0.351 e. The van der Waals surface area contributed by atoms with Crippen molar-refractivity contribution in [1.29, 1.82) is 0 Å². The molecule has 0 amide bonds. The number of rotatable bonds is 22. The lowest BCUT2D eigenvalue weighted by Crippen LogP contribution is -2.42. The SMILES string of the molecule is CCC(C)CC(C)CC(C)CC(C)/C=C(C)/C=C(/CC(C)C(=O)OC1C(=O)OC(C(=O)OCOC(C)=O)C1C(=O)OCOC(C)=O)C(=O)OCOC(C)=O. The second-order valence-electron chi connectivity index (χ2n) is 14.0. The largest absolute Gasteiger partial charge is 0.449 e. The van der Waals surface area contributed by atoms with Gasteiger partial charge in [-0.3, -0.25) is 24.0 Å². The van der Waals surface area contributed by atoms with Gasteiger partial charge < -0.3 is 37.9 Å². The lowest BCUT2D eigenvalue weighted by Gasteiger charge is -2.21. The van der Waals surface area contributed by atoms with Gasteiger partial charge in [0.25, 0.3) is 0 Å². The van der Waals surface area contributed by atoms with Gasteiger partial charge in [-0.1, -0.05) is 59.6 Å². The molecule has 0 aliphatic carbocycles. The van der Waals surface area contributed by atoms with Gasteiger partial charge in [-0.05, 0) is 62.4 Å². The Balaban J connectivity index is 3.23. The smallest absolute Gasteiger partial charge is 0.351 e. The summed E-state index contributed by atoms with van der Waals surface area (Å²) >= 11 is 0. The Bertz CT molecular complexity index is 1400. The lowest BCUT2D eigenvalue weighted by atomic mass is 9.84. The maximum absolute atomic E-state index is 13.4. The summed E-state index contributed by atoms with van der Waals surface area (Å²) in [4.78, 5) is 98.5. The molecule has 0 N–H and O–H groups in total. The zero-order valence-electron chi connectivity index (χ0n) is 33.0. The van der Waals surface area contributed by atoms with Crippen molar-refractivity contribution in [3.8, 4) is 0 Å². The van der Waals surface area contributed by atoms with Crippen LogP contribution in [0.4, 0.5) is 0 Å². The first kappa shape index (κ1) is 47.3. The predicted octanol–water partition coefficient (Wildman–Crippen LogP) is 4.65. The molecular formula is C38H56O16. The molecular weight excluding hydrogens is 712 g/mol. The highest BCUT2D eigenvalue weighted by atomic mass is 16.7. The number of ether oxygens (including phenoxy) is 8. The van der Waals surface area contributed by atoms with Crippen molar-refractivity contribution < 1.29 is 76.3 Å². The van der Waals surface area contributed by atoms with Gasteiger partial charge in [-0.2, -0.15) is 0 Å². The highest BCUT2D eigenvalue weighted by Gasteiger charge is 2.56. The first-order chi connectivity index (χ1) is 25.2. The summed E-state index contributed by atoms with van der Waals surface area (Å²) in [6, 6.07) is 0. The van der Waals surface area contributed by atoms with Gasteiger partial charge >= 0.3 is 47.8 Å². The summed E-state index contributed by atoms with van der Waals surface area (Å²) in [5.41, 5.74) is 0.716. The van der Waals surface area contributed by atoms with Crippen molar-refractivity contribution in [2.45, 2.75) is 114 Å². The molecule has 1 saturated heterocycles. The van der Waals surface area contributed by atoms with Crippen molar-refractivity contribution in [2.75, 3.05) is 20.4 Å². The van der Waals surface area contributed by atoms with Crippen molar-refractivity contribution >= 4 is 47.8 Å². The minimum absolute atomic E-state index is 0.0149. The van der Waals surface area contributed by atoms with Crippen LogP contribution < -0.4 is 0 Å². The highest BCUT2D eigenvalue weighted by molar-refractivity contribution is 5.96. The highest BCUT2D eigenvalue weighted by Crippen LogP contribution is 2.30. The standard InChI is InChI=1S/C38H56O16/c1-11-21(2)12-22(3)13-23(4)14-24(5)15-25(6)16-30(35(43)50-18-47-27(8)39)17-26(7)34(42)53-33-31(36(44)51-19-48-28(9)40)32(54-38(33)46)37(45)52-20-49-29(10)41/h15-16,21-24,26,31-33H,11-14,17-20H2,1-10H3/b25-15+,30-16-. The quantitative estimate of drug-likeness (QED) is 0.0482. The average molecular weight is 769 g/mol. The normalized spacial score (nSPS) is 19.9. The molecule has 1 fully saturated rings. The van der Waals surface area contributed by atoms with E-state index in [1.807, 2.05) is 6.08 Å². The van der Waals surface area contributed by atoms with Gasteiger partial charge in [0.2, 0.25) is 32.6 Å². The Kier molecular flexibility index (Phi) is 20.8. The molecule has 0 radical (unpaired) electrons. The third kappa shape index (κ3) is 17.8. The zero-order chi connectivity index (χ0) is 41.1. The second-order valence-corrected chi connectivity index (χ2v) is 14.0. The lowest BCUT2D eigenvalue weighted by molar-refractivity contribution is -0.183. The molecule has 16 heteroatoms. The monoisotopic (exact) mass is 768 g/mol. The number of carbonyl (C=O) groups excluding carboxylic acids is 8.